The second kappa shape index (κ2) is 6.04. The molecule has 0 aliphatic rings. The Morgan fingerprint density at radius 3 is 2.30 bits per heavy atom. The van der Waals surface area contributed by atoms with Crippen LogP contribution in [0.4, 0.5) is 5.69 Å². The molecular weight excluding hydrogens is 276 g/mol. The van der Waals surface area contributed by atoms with Gasteiger partial charge < -0.3 is 10.8 Å². The first kappa shape index (κ1) is 14.5. The van der Waals surface area contributed by atoms with Crippen LogP contribution in [0.3, 0.4) is 0 Å². The Bertz CT molecular complexity index is 682. The molecule has 0 atom stereocenters. The number of hydrogen-bond acceptors (Lipinski definition) is 4. The van der Waals surface area contributed by atoms with E-state index in [9.17, 15) is 8.42 Å². The molecule has 0 saturated heterocycles. The highest BCUT2D eigenvalue weighted by molar-refractivity contribution is 7.89. The molecule has 0 aliphatic carbocycles. The molecule has 2 rings (SSSR count). The molecule has 20 heavy (non-hydrogen) atoms. The van der Waals surface area contributed by atoms with Crippen LogP contribution in [0, 0.1) is 0 Å². The summed E-state index contributed by atoms with van der Waals surface area (Å²) in [5, 5.41) is 8.94. The number of aliphatic hydroxyl groups excluding tert-OH is 1. The summed E-state index contributed by atoms with van der Waals surface area (Å²) in [5.41, 5.74) is 7.58. The third-order valence-corrected chi connectivity index (χ3v) is 4.24. The van der Waals surface area contributed by atoms with Gasteiger partial charge in [-0.1, -0.05) is 30.3 Å². The summed E-state index contributed by atoms with van der Waals surface area (Å²) in [4.78, 5) is 0.143. The lowest BCUT2D eigenvalue weighted by Gasteiger charge is -2.08. The Kier molecular flexibility index (Phi) is 4.39. The van der Waals surface area contributed by atoms with Crippen LogP contribution in [-0.2, 0) is 23.2 Å². The van der Waals surface area contributed by atoms with Crippen LogP contribution in [0.25, 0.3) is 0 Å². The number of nitrogen functional groups attached to an aromatic ring is 1. The number of aliphatic hydroxyl groups is 1. The van der Waals surface area contributed by atoms with Gasteiger partial charge in [0.25, 0.3) is 0 Å². The van der Waals surface area contributed by atoms with Gasteiger partial charge in [0.15, 0.2) is 0 Å². The fourth-order valence-corrected chi connectivity index (χ4v) is 2.78. The van der Waals surface area contributed by atoms with E-state index in [0.29, 0.717) is 5.69 Å². The lowest BCUT2D eigenvalue weighted by molar-refractivity contribution is 0.282. The average Bonchev–Trinajstić information content (AvgIpc) is 2.46. The largest absolute Gasteiger partial charge is 0.399 e. The van der Waals surface area contributed by atoms with Gasteiger partial charge in [0.1, 0.15) is 0 Å². The van der Waals surface area contributed by atoms with Crippen LogP contribution in [0.15, 0.2) is 53.4 Å². The predicted octanol–water partition coefficient (Wildman–Crippen LogP) is 1.24. The molecule has 0 aliphatic heterocycles. The van der Waals surface area contributed by atoms with Gasteiger partial charge in [-0.25, -0.2) is 13.1 Å². The third kappa shape index (κ3) is 3.57. The van der Waals surface area contributed by atoms with Crippen LogP contribution in [0.5, 0.6) is 0 Å². The van der Waals surface area contributed by atoms with E-state index < -0.39 is 10.0 Å². The van der Waals surface area contributed by atoms with Crippen molar-refractivity contribution in [1.29, 1.82) is 0 Å². The van der Waals surface area contributed by atoms with E-state index in [2.05, 4.69) is 4.72 Å². The van der Waals surface area contributed by atoms with Crippen molar-refractivity contribution >= 4 is 15.7 Å². The predicted molar refractivity (Wildman–Crippen MR) is 77.2 cm³/mol. The van der Waals surface area contributed by atoms with E-state index in [1.165, 1.54) is 12.1 Å². The second-order valence-corrected chi connectivity index (χ2v) is 6.14. The number of rotatable bonds is 5. The van der Waals surface area contributed by atoms with Gasteiger partial charge in [-0.2, -0.15) is 0 Å². The van der Waals surface area contributed by atoms with Crippen molar-refractivity contribution in [3.63, 3.8) is 0 Å². The van der Waals surface area contributed by atoms with Gasteiger partial charge in [-0.15, -0.1) is 0 Å². The molecule has 6 heteroatoms. The van der Waals surface area contributed by atoms with Crippen LogP contribution >= 0.6 is 0 Å². The number of sulfonamides is 1. The molecule has 5 nitrogen and oxygen atoms in total. The minimum atomic E-state index is -3.58. The van der Waals surface area contributed by atoms with Gasteiger partial charge in [-0.05, 0) is 29.3 Å². The van der Waals surface area contributed by atoms with Crippen molar-refractivity contribution in [3.8, 4) is 0 Å². The van der Waals surface area contributed by atoms with E-state index >= 15 is 0 Å². The van der Waals surface area contributed by atoms with E-state index in [1.54, 1.807) is 36.4 Å². The smallest absolute Gasteiger partial charge is 0.240 e. The van der Waals surface area contributed by atoms with E-state index in [4.69, 9.17) is 10.8 Å². The highest BCUT2D eigenvalue weighted by Gasteiger charge is 2.13. The zero-order chi connectivity index (χ0) is 14.6. The van der Waals surface area contributed by atoms with Crippen molar-refractivity contribution in [2.45, 2.75) is 18.0 Å². The molecule has 0 bridgehead atoms. The highest BCUT2D eigenvalue weighted by Crippen LogP contribution is 2.13. The summed E-state index contributed by atoms with van der Waals surface area (Å²) < 4.78 is 26.7. The lowest BCUT2D eigenvalue weighted by atomic mass is 10.1. The molecule has 0 saturated carbocycles. The Morgan fingerprint density at radius 2 is 1.70 bits per heavy atom. The summed E-state index contributed by atoms with van der Waals surface area (Å²) in [5.74, 6) is 0. The standard InChI is InChI=1S/C14H16N2O3S/c15-13-2-1-3-14(8-13)20(18,19)16-9-11-4-6-12(10-17)7-5-11/h1-8,16-17H,9-10,15H2. The summed E-state index contributed by atoms with van der Waals surface area (Å²) in [7, 11) is -3.58. The van der Waals surface area contributed by atoms with Crippen LogP contribution in [0.2, 0.25) is 0 Å². The fraction of sp³-hybridized carbons (Fsp3) is 0.143. The van der Waals surface area contributed by atoms with Crippen molar-refractivity contribution < 1.29 is 13.5 Å². The molecule has 0 spiro atoms. The molecule has 0 amide bonds. The third-order valence-electron chi connectivity index (χ3n) is 2.84. The number of nitrogens with one attached hydrogen (secondary N) is 1. The molecule has 2 aromatic rings. The maximum atomic E-state index is 12.1. The molecule has 0 aromatic heterocycles. The second-order valence-electron chi connectivity index (χ2n) is 4.37. The van der Waals surface area contributed by atoms with Gasteiger partial charge in [0.2, 0.25) is 10.0 Å². The zero-order valence-electron chi connectivity index (χ0n) is 10.8. The van der Waals surface area contributed by atoms with Crippen molar-refractivity contribution in [2.24, 2.45) is 0 Å². The van der Waals surface area contributed by atoms with E-state index in [0.717, 1.165) is 11.1 Å². The maximum Gasteiger partial charge on any atom is 0.240 e. The molecule has 2 aromatic carbocycles. The van der Waals surface area contributed by atoms with Gasteiger partial charge >= 0.3 is 0 Å². The average molecular weight is 292 g/mol. The van der Waals surface area contributed by atoms with Gasteiger partial charge in [0, 0.05) is 12.2 Å². The summed E-state index contributed by atoms with van der Waals surface area (Å²) in [6.45, 7) is 0.151. The normalized spacial score (nSPS) is 11.4. The summed E-state index contributed by atoms with van der Waals surface area (Å²) >= 11 is 0. The molecule has 0 radical (unpaired) electrons. The number of anilines is 1. The quantitative estimate of drug-likeness (QED) is 0.723. The van der Waals surface area contributed by atoms with Crippen LogP contribution in [-0.4, -0.2) is 13.5 Å². The zero-order valence-corrected chi connectivity index (χ0v) is 11.6. The van der Waals surface area contributed by atoms with Crippen LogP contribution in [0.1, 0.15) is 11.1 Å². The first-order chi connectivity index (χ1) is 9.51. The fourth-order valence-electron chi connectivity index (χ4n) is 1.71. The first-order valence-corrected chi connectivity index (χ1v) is 7.53. The number of benzene rings is 2. The maximum absolute atomic E-state index is 12.1. The molecule has 0 unspecified atom stereocenters. The topological polar surface area (TPSA) is 92.4 Å². The van der Waals surface area contributed by atoms with Crippen molar-refractivity contribution in [2.75, 3.05) is 5.73 Å². The highest BCUT2D eigenvalue weighted by atomic mass is 32.2. The van der Waals surface area contributed by atoms with E-state index in [-0.39, 0.29) is 18.0 Å². The molecule has 4 N–H and O–H groups in total. The minimum Gasteiger partial charge on any atom is -0.399 e. The van der Waals surface area contributed by atoms with Crippen molar-refractivity contribution in [1.82, 2.24) is 4.72 Å². The molecule has 0 fully saturated rings. The Labute approximate surface area is 118 Å². The minimum absolute atomic E-state index is 0.0324. The molecule has 106 valence electrons. The Hall–Kier alpha value is -1.89. The lowest BCUT2D eigenvalue weighted by Crippen LogP contribution is -2.23. The Morgan fingerprint density at radius 1 is 1.05 bits per heavy atom. The molecular formula is C14H16N2O3S. The molecule has 0 heterocycles. The van der Waals surface area contributed by atoms with Crippen LogP contribution < -0.4 is 10.5 Å². The monoisotopic (exact) mass is 292 g/mol. The summed E-state index contributed by atoms with van der Waals surface area (Å²) in [6, 6.07) is 13.2. The van der Waals surface area contributed by atoms with Crippen molar-refractivity contribution in [3.05, 3.63) is 59.7 Å². The van der Waals surface area contributed by atoms with Gasteiger partial charge in [-0.3, -0.25) is 0 Å². The SMILES string of the molecule is Nc1cccc(S(=O)(=O)NCc2ccc(CO)cc2)c1. The first-order valence-electron chi connectivity index (χ1n) is 6.05. The number of hydrogen-bond donors (Lipinski definition) is 3. The Balaban J connectivity index is 2.09. The number of nitrogens with two attached hydrogens (primary N) is 1. The summed E-state index contributed by atoms with van der Waals surface area (Å²) in [6.07, 6.45) is 0. The van der Waals surface area contributed by atoms with E-state index in [1.807, 2.05) is 0 Å². The van der Waals surface area contributed by atoms with Gasteiger partial charge in [0.05, 0.1) is 11.5 Å².